The number of aryl methyl sites for hydroxylation is 1. The molecule has 0 aliphatic heterocycles. The monoisotopic (exact) mass is 213 g/mol. The Morgan fingerprint density at radius 1 is 1.53 bits per heavy atom. The van der Waals surface area contributed by atoms with Crippen molar-refractivity contribution in [3.05, 3.63) is 37.1 Å². The minimum Gasteiger partial charge on any atom is -0.301 e. The maximum Gasteiger partial charge on any atom is 0.350 e. The minimum absolute atomic E-state index is 0.326. The molecule has 8 heteroatoms. The summed E-state index contributed by atoms with van der Waals surface area (Å²) in [6, 6.07) is 0. The van der Waals surface area contributed by atoms with Gasteiger partial charge in [-0.05, 0) is 0 Å². The average molecular weight is 213 g/mol. The van der Waals surface area contributed by atoms with Gasteiger partial charge in [-0.1, -0.05) is 0 Å². The molecule has 0 fully saturated rings. The Balaban J connectivity index is 3.63. The van der Waals surface area contributed by atoms with Gasteiger partial charge in [0.25, 0.3) is 0 Å². The van der Waals surface area contributed by atoms with Crippen LogP contribution in [0.2, 0.25) is 0 Å². The second-order valence-electron chi connectivity index (χ2n) is 2.75. The standard InChI is InChI=1S/C7H7N3O5/c1-8-4-5(10(14)15)6(12)9(2-3-11)7(8)13/h3-4H,2H2,1H3. The molecule has 0 atom stereocenters. The molecule has 15 heavy (non-hydrogen) atoms. The fraction of sp³-hybridized carbons (Fsp3) is 0.286. The van der Waals surface area contributed by atoms with Gasteiger partial charge < -0.3 is 4.79 Å². The highest BCUT2D eigenvalue weighted by atomic mass is 16.6. The van der Waals surface area contributed by atoms with Crippen LogP contribution in [0, 0.1) is 10.1 Å². The first-order chi connectivity index (χ1) is 6.99. The van der Waals surface area contributed by atoms with Gasteiger partial charge in [-0.15, -0.1) is 0 Å². The SMILES string of the molecule is Cn1cc([N+](=O)[O-])c(=O)n(CC=O)c1=O. The highest BCUT2D eigenvalue weighted by Gasteiger charge is 2.17. The van der Waals surface area contributed by atoms with Crippen LogP contribution >= 0.6 is 0 Å². The summed E-state index contributed by atoms with van der Waals surface area (Å²) in [6.45, 7) is -0.493. The van der Waals surface area contributed by atoms with E-state index < -0.39 is 28.4 Å². The normalized spacial score (nSPS) is 9.93. The highest BCUT2D eigenvalue weighted by molar-refractivity contribution is 5.49. The Hall–Kier alpha value is -2.25. The lowest BCUT2D eigenvalue weighted by molar-refractivity contribution is -0.387. The van der Waals surface area contributed by atoms with Crippen molar-refractivity contribution in [3.63, 3.8) is 0 Å². The van der Waals surface area contributed by atoms with Crippen LogP contribution in [0.15, 0.2) is 15.8 Å². The smallest absolute Gasteiger partial charge is 0.301 e. The van der Waals surface area contributed by atoms with E-state index in [9.17, 15) is 24.5 Å². The number of nitro groups is 1. The second kappa shape index (κ2) is 3.86. The number of aldehydes is 1. The first-order valence-corrected chi connectivity index (χ1v) is 3.87. The average Bonchev–Trinajstić information content (AvgIpc) is 2.18. The van der Waals surface area contributed by atoms with E-state index in [0.717, 1.165) is 10.8 Å². The van der Waals surface area contributed by atoms with E-state index in [2.05, 4.69) is 0 Å². The van der Waals surface area contributed by atoms with Crippen molar-refractivity contribution < 1.29 is 9.72 Å². The molecule has 0 N–H and O–H groups in total. The number of aromatic nitrogens is 2. The van der Waals surface area contributed by atoms with Crippen molar-refractivity contribution in [3.8, 4) is 0 Å². The van der Waals surface area contributed by atoms with Crippen LogP contribution in [0.4, 0.5) is 5.69 Å². The molecule has 0 spiro atoms. The third kappa shape index (κ3) is 1.82. The van der Waals surface area contributed by atoms with E-state index >= 15 is 0 Å². The topological polar surface area (TPSA) is 104 Å². The lowest BCUT2D eigenvalue weighted by Crippen LogP contribution is -2.39. The largest absolute Gasteiger partial charge is 0.350 e. The summed E-state index contributed by atoms with van der Waals surface area (Å²) < 4.78 is 1.38. The summed E-state index contributed by atoms with van der Waals surface area (Å²) in [5.74, 6) is 0. The molecule has 1 aromatic rings. The van der Waals surface area contributed by atoms with Gasteiger partial charge in [-0.25, -0.2) is 9.36 Å². The Bertz CT molecular complexity index is 526. The van der Waals surface area contributed by atoms with E-state index in [1.807, 2.05) is 0 Å². The summed E-state index contributed by atoms with van der Waals surface area (Å²) in [5, 5.41) is 10.4. The molecular formula is C7H7N3O5. The number of hydrogen-bond acceptors (Lipinski definition) is 5. The molecular weight excluding hydrogens is 206 g/mol. The van der Waals surface area contributed by atoms with Gasteiger partial charge in [-0.3, -0.25) is 19.5 Å². The fourth-order valence-electron chi connectivity index (χ4n) is 1.07. The van der Waals surface area contributed by atoms with Gasteiger partial charge in [0, 0.05) is 7.05 Å². The molecule has 80 valence electrons. The maximum atomic E-state index is 11.3. The molecule has 1 rings (SSSR count). The predicted octanol–water partition coefficient (Wildman–Crippen LogP) is -1.35. The number of hydrogen-bond donors (Lipinski definition) is 0. The number of carbonyl (C=O) groups excluding carboxylic acids is 1. The molecule has 0 unspecified atom stereocenters. The first-order valence-electron chi connectivity index (χ1n) is 3.87. The third-order valence-electron chi connectivity index (χ3n) is 1.77. The van der Waals surface area contributed by atoms with Gasteiger partial charge in [0.1, 0.15) is 6.29 Å². The molecule has 0 saturated carbocycles. The fourth-order valence-corrected chi connectivity index (χ4v) is 1.07. The molecule has 0 aliphatic carbocycles. The van der Waals surface area contributed by atoms with Crippen LogP contribution in [0.5, 0.6) is 0 Å². The van der Waals surface area contributed by atoms with Crippen LogP contribution in [-0.4, -0.2) is 20.3 Å². The lowest BCUT2D eigenvalue weighted by Gasteiger charge is -2.02. The number of rotatable bonds is 3. The van der Waals surface area contributed by atoms with Crippen LogP contribution in [-0.2, 0) is 18.4 Å². The van der Waals surface area contributed by atoms with E-state index in [4.69, 9.17) is 0 Å². The number of nitrogens with zero attached hydrogens (tertiary/aromatic N) is 3. The van der Waals surface area contributed by atoms with E-state index in [-0.39, 0.29) is 0 Å². The second-order valence-corrected chi connectivity index (χ2v) is 2.75. The Kier molecular flexibility index (Phi) is 2.79. The molecule has 8 nitrogen and oxygen atoms in total. The number of carbonyl (C=O) groups is 1. The Morgan fingerprint density at radius 3 is 2.60 bits per heavy atom. The summed E-state index contributed by atoms with van der Waals surface area (Å²) in [4.78, 5) is 42.3. The zero-order valence-electron chi connectivity index (χ0n) is 7.74. The van der Waals surface area contributed by atoms with E-state index in [1.165, 1.54) is 7.05 Å². The Morgan fingerprint density at radius 2 is 2.13 bits per heavy atom. The van der Waals surface area contributed by atoms with Crippen molar-refractivity contribution in [2.45, 2.75) is 6.54 Å². The molecule has 0 amide bonds. The molecule has 0 aliphatic rings. The minimum atomic E-state index is -1.07. The highest BCUT2D eigenvalue weighted by Crippen LogP contribution is 1.98. The quantitative estimate of drug-likeness (QED) is 0.351. The molecule has 0 saturated heterocycles. The van der Waals surface area contributed by atoms with Gasteiger partial charge in [-0.2, -0.15) is 0 Å². The van der Waals surface area contributed by atoms with Gasteiger partial charge in [0.05, 0.1) is 17.7 Å². The zero-order chi connectivity index (χ0) is 11.6. The van der Waals surface area contributed by atoms with Crippen molar-refractivity contribution in [1.29, 1.82) is 0 Å². The predicted molar refractivity (Wildman–Crippen MR) is 48.7 cm³/mol. The lowest BCUT2D eigenvalue weighted by atomic mass is 10.5. The summed E-state index contributed by atoms with van der Waals surface area (Å²) in [7, 11) is 1.26. The first kappa shape index (κ1) is 10.8. The van der Waals surface area contributed by atoms with Gasteiger partial charge >= 0.3 is 16.9 Å². The molecule has 1 heterocycles. The van der Waals surface area contributed by atoms with Crippen molar-refractivity contribution in [1.82, 2.24) is 9.13 Å². The Labute approximate surface area is 82.5 Å². The van der Waals surface area contributed by atoms with Gasteiger partial charge in [0.2, 0.25) is 0 Å². The maximum absolute atomic E-state index is 11.3. The van der Waals surface area contributed by atoms with Crippen LogP contribution in [0.1, 0.15) is 0 Å². The van der Waals surface area contributed by atoms with Crippen LogP contribution < -0.4 is 11.2 Å². The van der Waals surface area contributed by atoms with Crippen molar-refractivity contribution in [2.24, 2.45) is 7.05 Å². The van der Waals surface area contributed by atoms with Crippen LogP contribution in [0.25, 0.3) is 0 Å². The third-order valence-corrected chi connectivity index (χ3v) is 1.77. The van der Waals surface area contributed by atoms with Gasteiger partial charge in [0.15, 0.2) is 0 Å². The van der Waals surface area contributed by atoms with Crippen molar-refractivity contribution in [2.75, 3.05) is 0 Å². The van der Waals surface area contributed by atoms with Crippen molar-refractivity contribution >= 4 is 12.0 Å². The summed E-state index contributed by atoms with van der Waals surface area (Å²) >= 11 is 0. The van der Waals surface area contributed by atoms with E-state index in [1.54, 1.807) is 0 Å². The van der Waals surface area contributed by atoms with E-state index in [0.29, 0.717) is 10.9 Å². The summed E-state index contributed by atoms with van der Waals surface area (Å²) in [5.41, 5.74) is -2.58. The molecule has 1 aromatic heterocycles. The molecule has 0 radical (unpaired) electrons. The molecule has 0 aromatic carbocycles. The zero-order valence-corrected chi connectivity index (χ0v) is 7.74. The summed E-state index contributed by atoms with van der Waals surface area (Å²) in [6.07, 6.45) is 1.15. The van der Waals surface area contributed by atoms with Crippen LogP contribution in [0.3, 0.4) is 0 Å². The molecule has 0 bridgehead atoms.